The molecule has 2 aromatic rings. The fourth-order valence-corrected chi connectivity index (χ4v) is 3.39. The first-order chi connectivity index (χ1) is 16.1. The van der Waals surface area contributed by atoms with Gasteiger partial charge in [0.05, 0.1) is 11.9 Å². The topological polar surface area (TPSA) is 104 Å². The van der Waals surface area contributed by atoms with Crippen molar-refractivity contribution in [2.45, 2.75) is 11.1 Å². The van der Waals surface area contributed by atoms with E-state index in [1.165, 1.54) is 36.7 Å². The fraction of sp³-hybridized carbons (Fsp3) is 0.0833. The molecule has 0 aromatic heterocycles. The Bertz CT molecular complexity index is 1150. The number of carboxylic acids is 2. The number of dihydropyridines is 2. The number of allylic oxidation sites excluding steroid dienone is 4. The zero-order valence-electron chi connectivity index (χ0n) is 17.6. The number of halogens is 4. The van der Waals surface area contributed by atoms with E-state index in [1.54, 1.807) is 12.2 Å². The molecule has 0 amide bonds. The smallest absolute Gasteiger partial charge is 0.547 e. The van der Waals surface area contributed by atoms with Gasteiger partial charge >= 0.3 is 20.1 Å². The number of hydrogen-bond acceptors (Lipinski definition) is 6. The van der Waals surface area contributed by atoms with E-state index in [1.807, 2.05) is 0 Å². The zero-order chi connectivity index (χ0) is 24.9. The third kappa shape index (κ3) is 5.52. The van der Waals surface area contributed by atoms with E-state index in [4.69, 9.17) is 0 Å². The summed E-state index contributed by atoms with van der Waals surface area (Å²) in [5.74, 6) is -6.44. The van der Waals surface area contributed by atoms with E-state index in [9.17, 15) is 37.4 Å². The second-order valence-electron chi connectivity index (χ2n) is 7.16. The van der Waals surface area contributed by atoms with Crippen LogP contribution < -0.4 is 20.8 Å². The molecule has 4 rings (SSSR count). The first-order valence-electron chi connectivity index (χ1n) is 9.70. The van der Waals surface area contributed by atoms with E-state index < -0.39 is 46.3 Å². The van der Waals surface area contributed by atoms with E-state index >= 15 is 0 Å². The predicted molar refractivity (Wildman–Crippen MR) is 109 cm³/mol. The molecule has 0 aliphatic carbocycles. The molecule has 35 heavy (non-hydrogen) atoms. The Morgan fingerprint density at radius 2 is 1.03 bits per heavy atom. The average Bonchev–Trinajstić information content (AvgIpc) is 2.80. The first-order valence-corrected chi connectivity index (χ1v) is 9.70. The number of hydrogen-bond donors (Lipinski definition) is 2. The van der Waals surface area contributed by atoms with Crippen molar-refractivity contribution in [2.75, 3.05) is 0 Å². The summed E-state index contributed by atoms with van der Waals surface area (Å²) >= 11 is 0. The molecule has 2 unspecified atom stereocenters. The van der Waals surface area contributed by atoms with Gasteiger partial charge < -0.3 is 30.4 Å². The number of carboxylic acid groups (broad SMARTS) is 2. The minimum atomic E-state index is -1.80. The molecule has 6 nitrogen and oxygen atoms in total. The maximum absolute atomic E-state index is 13.6. The van der Waals surface area contributed by atoms with Crippen molar-refractivity contribution in [3.05, 3.63) is 120 Å². The van der Waals surface area contributed by atoms with Crippen molar-refractivity contribution in [1.29, 1.82) is 0 Å². The van der Waals surface area contributed by atoms with Crippen LogP contribution in [0.25, 0.3) is 0 Å². The molecule has 2 aliphatic heterocycles. The molecule has 2 aliphatic rings. The van der Waals surface area contributed by atoms with Crippen LogP contribution in [0.1, 0.15) is 11.1 Å². The van der Waals surface area contributed by atoms with Gasteiger partial charge in [0.2, 0.25) is 0 Å². The van der Waals surface area contributed by atoms with Crippen LogP contribution in [0.2, 0.25) is 0 Å². The van der Waals surface area contributed by atoms with Crippen LogP contribution in [0.15, 0.2) is 85.3 Å². The quantitative estimate of drug-likeness (QED) is 0.476. The number of benzene rings is 2. The van der Waals surface area contributed by atoms with Crippen molar-refractivity contribution in [3.63, 3.8) is 0 Å². The monoisotopic (exact) mass is 665 g/mol. The molecule has 0 fully saturated rings. The Morgan fingerprint density at radius 1 is 0.657 bits per heavy atom. The van der Waals surface area contributed by atoms with Crippen molar-refractivity contribution in [1.82, 2.24) is 10.6 Å². The molecule has 0 radical (unpaired) electrons. The standard InChI is InChI=1S/2C12H9F2NO2.Ir/c2*13-8-3-4-9(10(14)7-8)12(11(16)17)5-1-2-6-15-12;/h2*1-7,15H,(H,16,17);/q;;+3/p-2. The summed E-state index contributed by atoms with van der Waals surface area (Å²) in [5, 5.41) is 27.4. The normalized spacial score (nSPS) is 21.6. The van der Waals surface area contributed by atoms with Crippen LogP contribution in [-0.2, 0) is 40.8 Å². The molecular weight excluding hydrogens is 648 g/mol. The number of nitrogens with one attached hydrogen (secondary N) is 2. The van der Waals surface area contributed by atoms with Gasteiger partial charge in [-0.25, -0.2) is 17.6 Å². The second kappa shape index (κ2) is 11.2. The molecule has 0 saturated carbocycles. The maximum atomic E-state index is 13.6. The van der Waals surface area contributed by atoms with Crippen LogP contribution in [-0.4, -0.2) is 11.9 Å². The Kier molecular flexibility index (Phi) is 8.78. The number of aliphatic carboxylic acids is 2. The van der Waals surface area contributed by atoms with Gasteiger partial charge in [-0.15, -0.1) is 0 Å². The van der Waals surface area contributed by atoms with Gasteiger partial charge in [0.1, 0.15) is 34.3 Å². The Labute approximate surface area is 210 Å². The third-order valence-electron chi connectivity index (χ3n) is 5.09. The predicted octanol–water partition coefficient (Wildman–Crippen LogP) is 1.16. The molecule has 0 bridgehead atoms. The molecular formula is C24H16F4IrN2O4+. The van der Waals surface area contributed by atoms with Gasteiger partial charge in [-0.05, 0) is 48.8 Å². The summed E-state index contributed by atoms with van der Waals surface area (Å²) < 4.78 is 52.8. The maximum Gasteiger partial charge on any atom is 3.00 e. The van der Waals surface area contributed by atoms with Gasteiger partial charge in [0.15, 0.2) is 0 Å². The van der Waals surface area contributed by atoms with E-state index in [0.29, 0.717) is 12.1 Å². The molecule has 2 atom stereocenters. The van der Waals surface area contributed by atoms with E-state index in [-0.39, 0.29) is 31.2 Å². The third-order valence-corrected chi connectivity index (χ3v) is 5.09. The summed E-state index contributed by atoms with van der Waals surface area (Å²) in [7, 11) is 0. The van der Waals surface area contributed by atoms with Crippen molar-refractivity contribution < 1.29 is 57.5 Å². The van der Waals surface area contributed by atoms with Crippen LogP contribution in [0.4, 0.5) is 17.6 Å². The van der Waals surface area contributed by atoms with Crippen molar-refractivity contribution >= 4 is 11.9 Å². The Balaban J connectivity index is 0.000000240. The molecule has 11 heteroatoms. The molecule has 0 spiro atoms. The van der Waals surface area contributed by atoms with Crippen LogP contribution in [0.5, 0.6) is 0 Å². The van der Waals surface area contributed by atoms with Crippen LogP contribution in [0.3, 0.4) is 0 Å². The largest absolute Gasteiger partial charge is 3.00 e. The average molecular weight is 665 g/mol. The van der Waals surface area contributed by atoms with E-state index in [2.05, 4.69) is 10.6 Å². The van der Waals surface area contributed by atoms with Gasteiger partial charge in [0, 0.05) is 23.3 Å². The summed E-state index contributed by atoms with van der Waals surface area (Å²) in [6.07, 6.45) is 11.2. The summed E-state index contributed by atoms with van der Waals surface area (Å²) in [6, 6.07) is 5.42. The molecule has 182 valence electrons. The van der Waals surface area contributed by atoms with Gasteiger partial charge in [-0.2, -0.15) is 0 Å². The van der Waals surface area contributed by atoms with Crippen molar-refractivity contribution in [3.8, 4) is 0 Å². The van der Waals surface area contributed by atoms with Crippen LogP contribution >= 0.6 is 0 Å². The summed E-state index contributed by atoms with van der Waals surface area (Å²) in [5.41, 5.74) is -3.99. The number of carbonyl (C=O) groups excluding carboxylic acids is 2. The van der Waals surface area contributed by atoms with Gasteiger partial charge in [-0.3, -0.25) is 0 Å². The molecule has 2 aromatic carbocycles. The summed E-state index contributed by atoms with van der Waals surface area (Å²) in [4.78, 5) is 22.4. The van der Waals surface area contributed by atoms with Gasteiger partial charge in [0.25, 0.3) is 0 Å². The SMILES string of the molecule is O=C([O-])C1(c2ccc(F)cc2F)C=CC=CN1.O=C([O-])C1(c2ccc(F)cc2F)C=CC=CN1.[Ir+3]. The van der Waals surface area contributed by atoms with E-state index in [0.717, 1.165) is 24.3 Å². The number of carbonyl (C=O) groups is 2. The molecule has 2 heterocycles. The minimum Gasteiger partial charge on any atom is -0.547 e. The zero-order valence-corrected chi connectivity index (χ0v) is 20.0. The fourth-order valence-electron chi connectivity index (χ4n) is 3.39. The van der Waals surface area contributed by atoms with Crippen LogP contribution in [0, 0.1) is 23.3 Å². The minimum absolute atomic E-state index is 0. The Hall–Kier alpha value is -3.69. The Morgan fingerprint density at radius 3 is 1.29 bits per heavy atom. The molecule has 0 saturated heterocycles. The molecule has 2 N–H and O–H groups in total. The van der Waals surface area contributed by atoms with Crippen molar-refractivity contribution in [2.24, 2.45) is 0 Å². The van der Waals surface area contributed by atoms with Gasteiger partial charge in [-0.1, -0.05) is 24.3 Å². The first kappa shape index (κ1) is 27.6. The second-order valence-corrected chi connectivity index (χ2v) is 7.16. The number of rotatable bonds is 4. The summed E-state index contributed by atoms with van der Waals surface area (Å²) in [6.45, 7) is 0.